The molecule has 0 aliphatic heterocycles. The summed E-state index contributed by atoms with van der Waals surface area (Å²) in [6.07, 6.45) is 5.94. The smallest absolute Gasteiger partial charge is 0.260 e. The zero-order chi connectivity index (χ0) is 22.9. The van der Waals surface area contributed by atoms with Gasteiger partial charge in [-0.1, -0.05) is 45.0 Å². The fraction of sp³-hybridized carbons (Fsp3) is 0.385. The first kappa shape index (κ1) is 22.3. The monoisotopic (exact) mass is 448 g/mol. The van der Waals surface area contributed by atoms with E-state index in [4.69, 9.17) is 11.6 Å². The zero-order valence-corrected chi connectivity index (χ0v) is 19.9. The van der Waals surface area contributed by atoms with Crippen LogP contribution in [0.15, 0.2) is 52.4 Å². The van der Waals surface area contributed by atoms with Crippen molar-refractivity contribution in [3.63, 3.8) is 0 Å². The molecule has 6 heteroatoms. The van der Waals surface area contributed by atoms with E-state index < -0.39 is 0 Å². The van der Waals surface area contributed by atoms with E-state index in [9.17, 15) is 4.79 Å². The van der Waals surface area contributed by atoms with Gasteiger partial charge in [0.25, 0.3) is 5.56 Å². The van der Waals surface area contributed by atoms with Crippen molar-refractivity contribution < 1.29 is 0 Å². The maximum Gasteiger partial charge on any atom is 0.260 e. The van der Waals surface area contributed by atoms with Gasteiger partial charge in [-0.2, -0.15) is 5.10 Å². The zero-order valence-electron chi connectivity index (χ0n) is 19.1. The third-order valence-corrected chi connectivity index (χ3v) is 8.00. The molecule has 0 amide bonds. The summed E-state index contributed by atoms with van der Waals surface area (Å²) >= 11 is 1.66. The van der Waals surface area contributed by atoms with Crippen molar-refractivity contribution >= 4 is 17.2 Å². The van der Waals surface area contributed by atoms with E-state index >= 15 is 0 Å². The first-order chi connectivity index (χ1) is 15.3. The molecule has 5 nitrogen and oxygen atoms in total. The number of nitrogens with one attached hydrogen (secondary N) is 1. The molecule has 1 aromatic carbocycles. The number of hydrogen-bond acceptors (Lipinski definition) is 4. The lowest BCUT2D eigenvalue weighted by molar-refractivity contribution is 0.224. The van der Waals surface area contributed by atoms with Gasteiger partial charge >= 0.3 is 0 Å². The molecule has 2 aromatic heterocycles. The molecule has 0 spiro atoms. The third-order valence-electron chi connectivity index (χ3n) is 6.74. The highest BCUT2D eigenvalue weighted by molar-refractivity contribution is 7.15. The lowest BCUT2D eigenvalue weighted by Crippen LogP contribution is -2.27. The third kappa shape index (κ3) is 4.51. The van der Waals surface area contributed by atoms with Gasteiger partial charge in [0, 0.05) is 21.0 Å². The average molecular weight is 449 g/mol. The summed E-state index contributed by atoms with van der Waals surface area (Å²) in [5.74, 6) is 6.07. The van der Waals surface area contributed by atoms with Crippen LogP contribution < -0.4 is 17.1 Å². The first-order valence-electron chi connectivity index (χ1n) is 11.3. The van der Waals surface area contributed by atoms with E-state index in [1.165, 1.54) is 36.1 Å². The van der Waals surface area contributed by atoms with Crippen molar-refractivity contribution in [1.82, 2.24) is 4.98 Å². The largest absolute Gasteiger partial charge is 0.382 e. The van der Waals surface area contributed by atoms with Crippen LogP contribution in [-0.4, -0.2) is 10.8 Å². The molecule has 1 aliphatic carbocycles. The summed E-state index contributed by atoms with van der Waals surface area (Å²) in [4.78, 5) is 18.2. The molecule has 3 aromatic rings. The van der Waals surface area contributed by atoms with Crippen LogP contribution in [0.5, 0.6) is 0 Å². The number of aryl methyl sites for hydroxylation is 1. The number of aromatic amines is 1. The standard InChI is InChI=1S/C26H32N4OS/c1-4-19-9-10-22(32-19)20-15-21(29-25(31)23(20)24(27)30-28)18-7-5-16(6-8-18)17-11-13-26(2,3)14-12-17/h5-10,15,17H,4,11-14,28H2,1-3H3,(H2,27,30)(H,29,31). The Morgan fingerprint density at radius 3 is 2.44 bits per heavy atom. The Morgan fingerprint density at radius 2 is 1.84 bits per heavy atom. The molecule has 32 heavy (non-hydrogen) atoms. The Balaban J connectivity index is 1.70. The highest BCUT2D eigenvalue weighted by atomic mass is 32.1. The molecule has 2 heterocycles. The molecule has 0 bridgehead atoms. The number of amidine groups is 1. The fourth-order valence-corrected chi connectivity index (χ4v) is 5.58. The van der Waals surface area contributed by atoms with Crippen molar-refractivity contribution in [1.29, 1.82) is 0 Å². The van der Waals surface area contributed by atoms with Gasteiger partial charge in [0.1, 0.15) is 0 Å². The summed E-state index contributed by atoms with van der Waals surface area (Å²) in [7, 11) is 0. The Kier molecular flexibility index (Phi) is 6.24. The molecule has 1 saturated carbocycles. The Bertz CT molecular complexity index is 1180. The van der Waals surface area contributed by atoms with Gasteiger partial charge in [0.2, 0.25) is 0 Å². The van der Waals surface area contributed by atoms with Gasteiger partial charge in [0.15, 0.2) is 5.84 Å². The van der Waals surface area contributed by atoms with E-state index in [0.717, 1.165) is 28.1 Å². The number of thiophene rings is 1. The van der Waals surface area contributed by atoms with Gasteiger partial charge < -0.3 is 16.6 Å². The van der Waals surface area contributed by atoms with Crippen molar-refractivity contribution in [2.45, 2.75) is 58.8 Å². The lowest BCUT2D eigenvalue weighted by atomic mass is 9.71. The minimum Gasteiger partial charge on any atom is -0.382 e. The van der Waals surface area contributed by atoms with Gasteiger partial charge in [-0.15, -0.1) is 11.3 Å². The summed E-state index contributed by atoms with van der Waals surface area (Å²) in [6.45, 7) is 6.84. The lowest BCUT2D eigenvalue weighted by Gasteiger charge is -2.34. The summed E-state index contributed by atoms with van der Waals surface area (Å²) in [5.41, 5.74) is 10.4. The molecule has 1 fully saturated rings. The fourth-order valence-electron chi connectivity index (χ4n) is 4.61. The predicted molar refractivity (Wildman–Crippen MR) is 135 cm³/mol. The molecule has 0 atom stereocenters. The number of hydrogen-bond donors (Lipinski definition) is 3. The van der Waals surface area contributed by atoms with Gasteiger partial charge in [0.05, 0.1) is 5.56 Å². The Labute approximate surface area is 193 Å². The maximum absolute atomic E-state index is 13.0. The van der Waals surface area contributed by atoms with E-state index in [2.05, 4.69) is 61.2 Å². The normalized spacial score (nSPS) is 16.9. The quantitative estimate of drug-likeness (QED) is 0.205. The Hall–Kier alpha value is -2.86. The minimum absolute atomic E-state index is 0.0369. The Morgan fingerprint density at radius 1 is 1.16 bits per heavy atom. The number of benzene rings is 1. The van der Waals surface area contributed by atoms with E-state index in [0.29, 0.717) is 16.9 Å². The van der Waals surface area contributed by atoms with Crippen LogP contribution in [0.1, 0.15) is 68.4 Å². The molecule has 4 rings (SSSR count). The van der Waals surface area contributed by atoms with E-state index in [1.54, 1.807) is 11.3 Å². The van der Waals surface area contributed by atoms with Crippen LogP contribution in [0.3, 0.4) is 0 Å². The molecule has 168 valence electrons. The van der Waals surface area contributed by atoms with Crippen LogP contribution in [0.2, 0.25) is 0 Å². The van der Waals surface area contributed by atoms with Crippen molar-refractivity contribution in [2.24, 2.45) is 22.1 Å². The predicted octanol–water partition coefficient (Wildman–Crippen LogP) is 5.60. The van der Waals surface area contributed by atoms with Gasteiger partial charge in [-0.3, -0.25) is 4.79 Å². The highest BCUT2D eigenvalue weighted by Crippen LogP contribution is 2.42. The van der Waals surface area contributed by atoms with Crippen LogP contribution >= 0.6 is 11.3 Å². The van der Waals surface area contributed by atoms with Gasteiger partial charge in [-0.05, 0) is 72.8 Å². The summed E-state index contributed by atoms with van der Waals surface area (Å²) in [5, 5.41) is 3.59. The van der Waals surface area contributed by atoms with Crippen LogP contribution in [0, 0.1) is 5.41 Å². The number of rotatable bonds is 5. The number of H-pyrrole nitrogens is 1. The number of pyridine rings is 1. The number of aromatic nitrogens is 1. The second kappa shape index (κ2) is 8.94. The number of hydrazone groups is 1. The number of nitrogens with zero attached hydrogens (tertiary/aromatic N) is 1. The van der Waals surface area contributed by atoms with E-state index in [1.807, 2.05) is 12.1 Å². The molecule has 0 unspecified atom stereocenters. The topological polar surface area (TPSA) is 97.3 Å². The first-order valence-corrected chi connectivity index (χ1v) is 12.1. The molecule has 5 N–H and O–H groups in total. The molecular weight excluding hydrogens is 416 g/mol. The second-order valence-electron chi connectivity index (χ2n) is 9.50. The summed E-state index contributed by atoms with van der Waals surface area (Å²) in [6, 6.07) is 14.7. The molecular formula is C26H32N4OS. The SMILES string of the molecule is CCc1ccc(-c2cc(-c3ccc(C4CCC(C)(C)CC4)cc3)[nH]c(=O)c2/C(N)=N/N)s1. The average Bonchev–Trinajstić information content (AvgIpc) is 3.27. The van der Waals surface area contributed by atoms with E-state index in [-0.39, 0.29) is 11.4 Å². The second-order valence-corrected chi connectivity index (χ2v) is 10.7. The maximum atomic E-state index is 13.0. The van der Waals surface area contributed by atoms with Crippen molar-refractivity contribution in [2.75, 3.05) is 0 Å². The van der Waals surface area contributed by atoms with Crippen molar-refractivity contribution in [3.8, 4) is 21.7 Å². The molecule has 1 aliphatic rings. The summed E-state index contributed by atoms with van der Waals surface area (Å²) < 4.78 is 0. The number of nitrogens with two attached hydrogens (primary N) is 2. The van der Waals surface area contributed by atoms with Gasteiger partial charge in [-0.25, -0.2) is 0 Å². The van der Waals surface area contributed by atoms with Crippen LogP contribution in [-0.2, 0) is 6.42 Å². The highest BCUT2D eigenvalue weighted by Gasteiger charge is 2.27. The molecule has 0 radical (unpaired) electrons. The minimum atomic E-state index is -0.283. The van der Waals surface area contributed by atoms with Crippen LogP contribution in [0.25, 0.3) is 21.7 Å². The molecule has 0 saturated heterocycles. The van der Waals surface area contributed by atoms with Crippen molar-refractivity contribution in [3.05, 3.63) is 68.8 Å². The van der Waals surface area contributed by atoms with Crippen LogP contribution in [0.4, 0.5) is 0 Å².